The number of aliphatic carboxylic acids is 1. The van der Waals surface area contributed by atoms with Gasteiger partial charge in [0.2, 0.25) is 0 Å². The number of nitriles is 1. The second kappa shape index (κ2) is 7.73. The highest BCUT2D eigenvalue weighted by Gasteiger charge is 2.10. The minimum absolute atomic E-state index is 0.304. The van der Waals surface area contributed by atoms with Crippen LogP contribution in [0.3, 0.4) is 0 Å². The van der Waals surface area contributed by atoms with E-state index in [0.29, 0.717) is 22.9 Å². The molecule has 0 fully saturated rings. The van der Waals surface area contributed by atoms with Crippen molar-refractivity contribution in [1.82, 2.24) is 0 Å². The number of ether oxygens (including phenoxy) is 1. The van der Waals surface area contributed by atoms with Crippen molar-refractivity contribution in [1.29, 1.82) is 5.26 Å². The lowest BCUT2D eigenvalue weighted by Gasteiger charge is -2.12. The summed E-state index contributed by atoms with van der Waals surface area (Å²) >= 11 is 6.00. The standard InChI is InChI=1S/C21H14ClNO3/c22-18-8-9-20(16(11-18)10-17(12-23)21(24)25)26-13-15-6-3-5-14-4-1-2-7-19(14)15/h1-11H,13H2,(H,24,25). The highest BCUT2D eigenvalue weighted by molar-refractivity contribution is 6.30. The first-order valence-electron chi connectivity index (χ1n) is 7.82. The first-order valence-corrected chi connectivity index (χ1v) is 8.20. The van der Waals surface area contributed by atoms with Crippen molar-refractivity contribution < 1.29 is 14.6 Å². The van der Waals surface area contributed by atoms with Gasteiger partial charge in [0.1, 0.15) is 24.0 Å². The van der Waals surface area contributed by atoms with Gasteiger partial charge in [-0.05, 0) is 40.6 Å². The predicted molar refractivity (Wildman–Crippen MR) is 101 cm³/mol. The molecular formula is C21H14ClNO3. The first-order chi connectivity index (χ1) is 12.6. The Morgan fingerprint density at radius 2 is 1.92 bits per heavy atom. The molecule has 128 valence electrons. The topological polar surface area (TPSA) is 70.3 Å². The van der Waals surface area contributed by atoms with Gasteiger partial charge in [0.25, 0.3) is 0 Å². The van der Waals surface area contributed by atoms with E-state index in [4.69, 9.17) is 26.7 Å². The number of carbonyl (C=O) groups is 1. The predicted octanol–water partition coefficient (Wildman–Crippen LogP) is 5.06. The van der Waals surface area contributed by atoms with Gasteiger partial charge in [-0.25, -0.2) is 4.79 Å². The van der Waals surface area contributed by atoms with Crippen LogP contribution in [0.25, 0.3) is 16.8 Å². The zero-order valence-corrected chi connectivity index (χ0v) is 14.4. The molecule has 0 radical (unpaired) electrons. The maximum atomic E-state index is 11.1. The van der Waals surface area contributed by atoms with Gasteiger partial charge >= 0.3 is 5.97 Å². The molecule has 0 unspecified atom stereocenters. The maximum absolute atomic E-state index is 11.1. The van der Waals surface area contributed by atoms with E-state index >= 15 is 0 Å². The number of carboxylic acid groups (broad SMARTS) is 1. The Labute approximate surface area is 155 Å². The van der Waals surface area contributed by atoms with Crippen LogP contribution in [-0.4, -0.2) is 11.1 Å². The summed E-state index contributed by atoms with van der Waals surface area (Å²) in [6.07, 6.45) is 1.26. The van der Waals surface area contributed by atoms with Crippen molar-refractivity contribution in [3.63, 3.8) is 0 Å². The monoisotopic (exact) mass is 363 g/mol. The largest absolute Gasteiger partial charge is 0.488 e. The Kier molecular flexibility index (Phi) is 5.21. The number of benzene rings is 3. The van der Waals surface area contributed by atoms with Gasteiger partial charge in [-0.2, -0.15) is 5.26 Å². The van der Waals surface area contributed by atoms with E-state index < -0.39 is 5.97 Å². The van der Waals surface area contributed by atoms with Gasteiger partial charge in [0.05, 0.1) is 0 Å². The van der Waals surface area contributed by atoms with Crippen molar-refractivity contribution in [3.8, 4) is 11.8 Å². The second-order valence-corrected chi connectivity index (χ2v) is 6.02. The fourth-order valence-corrected chi connectivity index (χ4v) is 2.82. The number of carboxylic acids is 1. The van der Waals surface area contributed by atoms with Crippen LogP contribution in [0.15, 0.2) is 66.2 Å². The van der Waals surface area contributed by atoms with Crippen LogP contribution in [0, 0.1) is 11.3 Å². The molecule has 3 aromatic carbocycles. The lowest BCUT2D eigenvalue weighted by Crippen LogP contribution is -2.00. The van der Waals surface area contributed by atoms with Crippen molar-refractivity contribution in [2.75, 3.05) is 0 Å². The van der Waals surface area contributed by atoms with E-state index in [1.807, 2.05) is 42.5 Å². The van der Waals surface area contributed by atoms with Gasteiger partial charge in [-0.3, -0.25) is 0 Å². The molecule has 0 bridgehead atoms. The summed E-state index contributed by atoms with van der Waals surface area (Å²) in [5, 5.41) is 20.7. The number of halogens is 1. The number of hydrogen-bond donors (Lipinski definition) is 1. The van der Waals surface area contributed by atoms with Crippen LogP contribution in [0.5, 0.6) is 5.75 Å². The summed E-state index contributed by atoms with van der Waals surface area (Å²) in [5.41, 5.74) is 1.06. The fourth-order valence-electron chi connectivity index (χ4n) is 2.63. The summed E-state index contributed by atoms with van der Waals surface area (Å²) in [6, 6.07) is 20.5. The van der Waals surface area contributed by atoms with E-state index in [0.717, 1.165) is 16.3 Å². The molecule has 0 saturated carbocycles. The molecular weight excluding hydrogens is 350 g/mol. The van der Waals surface area contributed by atoms with Crippen LogP contribution >= 0.6 is 11.6 Å². The molecule has 0 aromatic heterocycles. The third-order valence-electron chi connectivity index (χ3n) is 3.89. The van der Waals surface area contributed by atoms with Crippen molar-refractivity contribution >= 4 is 34.4 Å². The smallest absolute Gasteiger partial charge is 0.346 e. The third kappa shape index (κ3) is 3.85. The first kappa shape index (κ1) is 17.5. The molecule has 0 heterocycles. The van der Waals surface area contributed by atoms with Crippen molar-refractivity contribution in [2.24, 2.45) is 0 Å². The Bertz CT molecular complexity index is 1050. The minimum Gasteiger partial charge on any atom is -0.488 e. The van der Waals surface area contributed by atoms with E-state index in [1.165, 1.54) is 6.08 Å². The number of fused-ring (bicyclic) bond motifs is 1. The molecule has 4 nitrogen and oxygen atoms in total. The van der Waals surface area contributed by atoms with E-state index in [-0.39, 0.29) is 5.57 Å². The summed E-state index contributed by atoms with van der Waals surface area (Å²) in [5.74, 6) is -0.844. The van der Waals surface area contributed by atoms with Gasteiger partial charge < -0.3 is 9.84 Å². The molecule has 26 heavy (non-hydrogen) atoms. The Balaban J connectivity index is 1.93. The average Bonchev–Trinajstić information content (AvgIpc) is 2.65. The van der Waals surface area contributed by atoms with E-state index in [2.05, 4.69) is 0 Å². The van der Waals surface area contributed by atoms with Crippen LogP contribution in [0.1, 0.15) is 11.1 Å². The molecule has 0 spiro atoms. The maximum Gasteiger partial charge on any atom is 0.346 e. The number of nitrogens with zero attached hydrogens (tertiary/aromatic N) is 1. The molecule has 0 atom stereocenters. The lowest BCUT2D eigenvalue weighted by atomic mass is 10.1. The molecule has 0 aliphatic heterocycles. The molecule has 3 rings (SSSR count). The molecule has 0 aliphatic rings. The molecule has 3 aromatic rings. The summed E-state index contributed by atoms with van der Waals surface area (Å²) in [6.45, 7) is 0.304. The highest BCUT2D eigenvalue weighted by atomic mass is 35.5. The zero-order valence-electron chi connectivity index (χ0n) is 13.6. The third-order valence-corrected chi connectivity index (χ3v) is 4.12. The van der Waals surface area contributed by atoms with Crippen molar-refractivity contribution in [2.45, 2.75) is 6.61 Å². The summed E-state index contributed by atoms with van der Waals surface area (Å²) in [7, 11) is 0. The Hall–Kier alpha value is -3.29. The molecule has 1 N–H and O–H groups in total. The van der Waals surface area contributed by atoms with Gasteiger partial charge in [0.15, 0.2) is 0 Å². The molecule has 0 aliphatic carbocycles. The number of rotatable bonds is 5. The van der Waals surface area contributed by atoms with Gasteiger partial charge in [-0.1, -0.05) is 54.1 Å². The molecule has 0 saturated heterocycles. The van der Waals surface area contributed by atoms with Gasteiger partial charge in [-0.15, -0.1) is 0 Å². The van der Waals surface area contributed by atoms with Crippen molar-refractivity contribution in [3.05, 3.63) is 82.4 Å². The van der Waals surface area contributed by atoms with Crippen LogP contribution < -0.4 is 4.74 Å². The molecule has 0 amide bonds. The normalized spacial score (nSPS) is 11.2. The van der Waals surface area contributed by atoms with Gasteiger partial charge in [0, 0.05) is 10.6 Å². The molecule has 5 heteroatoms. The van der Waals surface area contributed by atoms with E-state index in [9.17, 15) is 4.79 Å². The Morgan fingerprint density at radius 3 is 2.69 bits per heavy atom. The van der Waals surface area contributed by atoms with Crippen LogP contribution in [0.2, 0.25) is 5.02 Å². The highest BCUT2D eigenvalue weighted by Crippen LogP contribution is 2.27. The van der Waals surface area contributed by atoms with E-state index in [1.54, 1.807) is 24.3 Å². The quantitative estimate of drug-likeness (QED) is 0.508. The summed E-state index contributed by atoms with van der Waals surface area (Å²) < 4.78 is 5.91. The SMILES string of the molecule is N#CC(=Cc1cc(Cl)ccc1OCc1cccc2ccccc12)C(=O)O. The number of hydrogen-bond acceptors (Lipinski definition) is 3. The fraction of sp³-hybridized carbons (Fsp3) is 0.0476. The minimum atomic E-state index is -1.30. The van der Waals surface area contributed by atoms with Crippen LogP contribution in [0.4, 0.5) is 0 Å². The lowest BCUT2D eigenvalue weighted by molar-refractivity contribution is -0.132. The summed E-state index contributed by atoms with van der Waals surface area (Å²) in [4.78, 5) is 11.1. The van der Waals surface area contributed by atoms with Crippen LogP contribution in [-0.2, 0) is 11.4 Å². The Morgan fingerprint density at radius 1 is 1.15 bits per heavy atom. The zero-order chi connectivity index (χ0) is 18.5. The second-order valence-electron chi connectivity index (χ2n) is 5.58. The average molecular weight is 364 g/mol.